The molecule has 0 aliphatic heterocycles. The van der Waals surface area contributed by atoms with Crippen molar-refractivity contribution >= 4 is 0 Å². The summed E-state index contributed by atoms with van der Waals surface area (Å²) in [5.74, 6) is 6.72. The summed E-state index contributed by atoms with van der Waals surface area (Å²) in [5, 5.41) is 0. The Morgan fingerprint density at radius 2 is 1.90 bits per heavy atom. The molecule has 0 bridgehead atoms. The molecule has 1 heteroatoms. The second-order valence-electron chi connectivity index (χ2n) is 3.04. The third kappa shape index (κ3) is 7.52. The Bertz CT molecular complexity index is 125. The normalized spacial score (nSPS) is 12.5. The van der Waals surface area contributed by atoms with Gasteiger partial charge in [-0.3, -0.25) is 0 Å². The molecule has 0 heterocycles. The van der Waals surface area contributed by atoms with E-state index in [-0.39, 0.29) is 6.04 Å². The molecule has 0 fully saturated rings. The fourth-order valence-electron chi connectivity index (χ4n) is 0.594. The largest absolute Gasteiger partial charge is 0.318 e. The molecule has 0 rings (SSSR count). The van der Waals surface area contributed by atoms with Gasteiger partial charge in [0.05, 0.1) is 6.04 Å². The minimum atomic E-state index is 0.0344. The lowest BCUT2D eigenvalue weighted by atomic mass is 10.1. The summed E-state index contributed by atoms with van der Waals surface area (Å²) in [7, 11) is 0. The van der Waals surface area contributed by atoms with Gasteiger partial charge in [-0.25, -0.2) is 0 Å². The van der Waals surface area contributed by atoms with E-state index in [4.69, 9.17) is 5.73 Å². The van der Waals surface area contributed by atoms with Crippen molar-refractivity contribution < 1.29 is 0 Å². The lowest BCUT2D eigenvalue weighted by molar-refractivity contribution is 0.599. The minimum absolute atomic E-state index is 0.0344. The first-order chi connectivity index (χ1) is 4.63. The van der Waals surface area contributed by atoms with Gasteiger partial charge in [-0.15, -0.1) is 5.92 Å². The molecule has 0 radical (unpaired) electrons. The Labute approximate surface area is 64.0 Å². The van der Waals surface area contributed by atoms with E-state index in [0.29, 0.717) is 0 Å². The van der Waals surface area contributed by atoms with Crippen LogP contribution in [0.1, 0.15) is 33.6 Å². The second kappa shape index (κ2) is 5.32. The summed E-state index contributed by atoms with van der Waals surface area (Å²) in [4.78, 5) is 0. The van der Waals surface area contributed by atoms with E-state index in [1.807, 2.05) is 6.92 Å². The van der Waals surface area contributed by atoms with E-state index >= 15 is 0 Å². The van der Waals surface area contributed by atoms with Crippen molar-refractivity contribution in [1.29, 1.82) is 0 Å². The van der Waals surface area contributed by atoms with Crippen LogP contribution in [0.3, 0.4) is 0 Å². The van der Waals surface area contributed by atoms with E-state index in [9.17, 15) is 0 Å². The van der Waals surface area contributed by atoms with Gasteiger partial charge in [0, 0.05) is 6.42 Å². The van der Waals surface area contributed by atoms with Crippen molar-refractivity contribution in [2.24, 2.45) is 11.7 Å². The van der Waals surface area contributed by atoms with Gasteiger partial charge >= 0.3 is 0 Å². The highest BCUT2D eigenvalue weighted by atomic mass is 14.6. The van der Waals surface area contributed by atoms with Crippen molar-refractivity contribution in [3.05, 3.63) is 0 Å². The summed E-state index contributed by atoms with van der Waals surface area (Å²) >= 11 is 0. The third-order valence-corrected chi connectivity index (χ3v) is 1.18. The van der Waals surface area contributed by atoms with Crippen LogP contribution in [-0.2, 0) is 0 Å². The molecule has 2 N–H and O–H groups in total. The lowest BCUT2D eigenvalue weighted by Crippen LogP contribution is -2.10. The molecular weight excluding hydrogens is 122 g/mol. The zero-order valence-electron chi connectivity index (χ0n) is 7.15. The van der Waals surface area contributed by atoms with Crippen LogP contribution in [0, 0.1) is 17.8 Å². The maximum Gasteiger partial charge on any atom is 0.0635 e. The molecular formula is C9H17N. The molecule has 0 spiro atoms. The van der Waals surface area contributed by atoms with Crippen molar-refractivity contribution in [2.75, 3.05) is 0 Å². The molecule has 0 aliphatic carbocycles. The summed E-state index contributed by atoms with van der Waals surface area (Å²) in [5.41, 5.74) is 5.44. The maximum atomic E-state index is 5.44. The molecule has 10 heavy (non-hydrogen) atoms. The Morgan fingerprint density at radius 3 is 2.30 bits per heavy atom. The predicted molar refractivity (Wildman–Crippen MR) is 45.5 cm³/mol. The van der Waals surface area contributed by atoms with E-state index < -0.39 is 0 Å². The van der Waals surface area contributed by atoms with Gasteiger partial charge in [0.2, 0.25) is 0 Å². The lowest BCUT2D eigenvalue weighted by Gasteiger charge is -1.97. The summed E-state index contributed by atoms with van der Waals surface area (Å²) in [6.45, 7) is 6.31. The number of hydrogen-bond acceptors (Lipinski definition) is 1. The zero-order valence-corrected chi connectivity index (χ0v) is 7.15. The summed E-state index contributed by atoms with van der Waals surface area (Å²) in [6, 6.07) is 0.0344. The van der Waals surface area contributed by atoms with Crippen LogP contribution in [0.5, 0.6) is 0 Å². The van der Waals surface area contributed by atoms with Gasteiger partial charge in [0.15, 0.2) is 0 Å². The van der Waals surface area contributed by atoms with Gasteiger partial charge < -0.3 is 5.73 Å². The molecule has 0 aromatic carbocycles. The van der Waals surface area contributed by atoms with Gasteiger partial charge in [0.1, 0.15) is 0 Å². The van der Waals surface area contributed by atoms with Crippen LogP contribution in [0.2, 0.25) is 0 Å². The Kier molecular flexibility index (Phi) is 5.06. The molecule has 1 unspecified atom stereocenters. The maximum absolute atomic E-state index is 5.44. The molecule has 0 aromatic heterocycles. The zero-order chi connectivity index (χ0) is 7.98. The van der Waals surface area contributed by atoms with Crippen LogP contribution >= 0.6 is 0 Å². The minimum Gasteiger partial charge on any atom is -0.318 e. The van der Waals surface area contributed by atoms with Crippen LogP contribution in [0.4, 0.5) is 0 Å². The van der Waals surface area contributed by atoms with Gasteiger partial charge in [-0.2, -0.15) is 0 Å². The number of rotatable bonds is 2. The van der Waals surface area contributed by atoms with E-state index in [1.165, 1.54) is 6.42 Å². The highest BCUT2D eigenvalue weighted by Crippen LogP contribution is 2.01. The molecule has 58 valence electrons. The first-order valence-corrected chi connectivity index (χ1v) is 3.87. The average molecular weight is 139 g/mol. The number of hydrogen-bond donors (Lipinski definition) is 1. The predicted octanol–water partition coefficient (Wildman–Crippen LogP) is 1.77. The van der Waals surface area contributed by atoms with Crippen LogP contribution in [0.15, 0.2) is 0 Å². The smallest absolute Gasteiger partial charge is 0.0635 e. The van der Waals surface area contributed by atoms with Crippen molar-refractivity contribution in [3.63, 3.8) is 0 Å². The SMILES string of the molecule is CC(N)C#CCCC(C)C. The Morgan fingerprint density at radius 1 is 1.30 bits per heavy atom. The molecule has 1 nitrogen and oxygen atoms in total. The molecule has 0 aromatic rings. The van der Waals surface area contributed by atoms with Gasteiger partial charge in [-0.05, 0) is 19.3 Å². The van der Waals surface area contributed by atoms with Crippen LogP contribution in [0.25, 0.3) is 0 Å². The summed E-state index contributed by atoms with van der Waals surface area (Å²) < 4.78 is 0. The van der Waals surface area contributed by atoms with Gasteiger partial charge in [0.25, 0.3) is 0 Å². The molecule has 0 saturated carbocycles. The highest BCUT2D eigenvalue weighted by molar-refractivity contribution is 5.04. The number of nitrogens with two attached hydrogens (primary N) is 1. The average Bonchev–Trinajstić information content (AvgIpc) is 1.79. The van der Waals surface area contributed by atoms with Crippen LogP contribution in [-0.4, -0.2) is 6.04 Å². The molecule has 0 saturated heterocycles. The fraction of sp³-hybridized carbons (Fsp3) is 0.778. The van der Waals surface area contributed by atoms with Crippen LogP contribution < -0.4 is 5.73 Å². The first-order valence-electron chi connectivity index (χ1n) is 3.87. The van der Waals surface area contributed by atoms with Gasteiger partial charge in [-0.1, -0.05) is 19.8 Å². The van der Waals surface area contributed by atoms with E-state index in [2.05, 4.69) is 25.7 Å². The van der Waals surface area contributed by atoms with Crippen molar-refractivity contribution in [3.8, 4) is 11.8 Å². The standard InChI is InChI=1S/C9H17N/c1-8(2)6-4-5-7-9(3)10/h8-9H,4,6,10H2,1-3H3. The third-order valence-electron chi connectivity index (χ3n) is 1.18. The monoisotopic (exact) mass is 139 g/mol. The fourth-order valence-corrected chi connectivity index (χ4v) is 0.594. The Hall–Kier alpha value is -0.480. The molecule has 0 amide bonds. The van der Waals surface area contributed by atoms with E-state index in [0.717, 1.165) is 12.3 Å². The first kappa shape index (κ1) is 9.52. The molecule has 1 atom stereocenters. The van der Waals surface area contributed by atoms with E-state index in [1.54, 1.807) is 0 Å². The topological polar surface area (TPSA) is 26.0 Å². The molecule has 0 aliphatic rings. The van der Waals surface area contributed by atoms with Crippen molar-refractivity contribution in [1.82, 2.24) is 0 Å². The highest BCUT2D eigenvalue weighted by Gasteiger charge is 1.89. The Balaban J connectivity index is 3.29. The van der Waals surface area contributed by atoms with Crippen molar-refractivity contribution in [2.45, 2.75) is 39.7 Å². The quantitative estimate of drug-likeness (QED) is 0.580. The second-order valence-corrected chi connectivity index (χ2v) is 3.04. The summed E-state index contributed by atoms with van der Waals surface area (Å²) in [6.07, 6.45) is 2.17.